The lowest BCUT2D eigenvalue weighted by molar-refractivity contribution is -0.153. The van der Waals surface area contributed by atoms with E-state index in [1.165, 1.54) is 0 Å². The van der Waals surface area contributed by atoms with Crippen LogP contribution in [0.4, 0.5) is 4.79 Å². The smallest absolute Gasteiger partial charge is 0.410 e. The second-order valence-corrected chi connectivity index (χ2v) is 7.98. The number of carbonyl (C=O) groups is 3. The van der Waals surface area contributed by atoms with Gasteiger partial charge in [-0.25, -0.2) is 4.79 Å². The third-order valence-electron chi connectivity index (χ3n) is 4.11. The molecule has 0 aliphatic carbocycles. The molecule has 2 aliphatic rings. The summed E-state index contributed by atoms with van der Waals surface area (Å²) in [6, 6.07) is -0.332. The third-order valence-corrected chi connectivity index (χ3v) is 4.11. The Labute approximate surface area is 131 Å². The lowest BCUT2D eigenvalue weighted by Gasteiger charge is -2.45. The van der Waals surface area contributed by atoms with Crippen LogP contribution in [0.25, 0.3) is 0 Å². The van der Waals surface area contributed by atoms with E-state index >= 15 is 0 Å². The molecule has 2 saturated heterocycles. The quantitative estimate of drug-likeness (QED) is 0.549. The Kier molecular flexibility index (Phi) is 4.24. The maximum absolute atomic E-state index is 12.5. The van der Waals surface area contributed by atoms with Crippen molar-refractivity contribution in [2.45, 2.75) is 65.5 Å². The fourth-order valence-corrected chi connectivity index (χ4v) is 3.08. The van der Waals surface area contributed by atoms with E-state index in [2.05, 4.69) is 18.6 Å². The first kappa shape index (κ1) is 16.8. The minimum absolute atomic E-state index is 0.0417. The second kappa shape index (κ2) is 5.56. The van der Waals surface area contributed by atoms with Gasteiger partial charge in [-0.2, -0.15) is 0 Å². The van der Waals surface area contributed by atoms with Crippen LogP contribution < -0.4 is 0 Å². The van der Waals surface area contributed by atoms with Crippen LogP contribution in [-0.4, -0.2) is 41.1 Å². The number of cyclic esters (lactones) is 2. The van der Waals surface area contributed by atoms with Crippen molar-refractivity contribution in [1.82, 2.24) is 4.90 Å². The van der Waals surface area contributed by atoms with Crippen LogP contribution in [0.1, 0.15) is 53.9 Å². The highest BCUT2D eigenvalue weighted by Crippen LogP contribution is 2.38. The highest BCUT2D eigenvalue weighted by Gasteiger charge is 2.47. The van der Waals surface area contributed by atoms with Gasteiger partial charge in [0.1, 0.15) is 5.60 Å². The number of hydrogen-bond acceptors (Lipinski definition) is 5. The van der Waals surface area contributed by atoms with Crippen LogP contribution >= 0.6 is 0 Å². The van der Waals surface area contributed by atoms with E-state index in [1.54, 1.807) is 4.90 Å². The Morgan fingerprint density at radius 2 is 1.95 bits per heavy atom. The van der Waals surface area contributed by atoms with Crippen LogP contribution in [0.3, 0.4) is 0 Å². The Bertz CT molecular complexity index is 491. The zero-order chi connectivity index (χ0) is 16.7. The fourth-order valence-electron chi connectivity index (χ4n) is 3.08. The predicted molar refractivity (Wildman–Crippen MR) is 78.9 cm³/mol. The summed E-state index contributed by atoms with van der Waals surface area (Å²) in [5, 5.41) is 0. The van der Waals surface area contributed by atoms with Crippen LogP contribution in [0.15, 0.2) is 0 Å². The first-order chi connectivity index (χ1) is 9.98. The Hall–Kier alpha value is -1.59. The van der Waals surface area contributed by atoms with E-state index in [-0.39, 0.29) is 17.9 Å². The van der Waals surface area contributed by atoms with Gasteiger partial charge < -0.3 is 14.4 Å². The van der Waals surface area contributed by atoms with Crippen molar-refractivity contribution >= 4 is 18.0 Å². The Morgan fingerprint density at radius 1 is 1.32 bits per heavy atom. The van der Waals surface area contributed by atoms with Crippen LogP contribution in [0.5, 0.6) is 0 Å². The molecule has 2 unspecified atom stereocenters. The first-order valence-corrected chi connectivity index (χ1v) is 7.73. The summed E-state index contributed by atoms with van der Waals surface area (Å²) < 4.78 is 10.1. The number of nitrogens with zero attached hydrogens (tertiary/aromatic N) is 1. The molecule has 6 heteroatoms. The summed E-state index contributed by atoms with van der Waals surface area (Å²) in [7, 11) is 0. The molecule has 0 N–H and O–H groups in total. The number of esters is 2. The lowest BCUT2D eigenvalue weighted by atomic mass is 9.78. The van der Waals surface area contributed by atoms with Gasteiger partial charge in [-0.05, 0) is 39.0 Å². The highest BCUT2D eigenvalue weighted by molar-refractivity contribution is 5.95. The number of hydrogen-bond donors (Lipinski definition) is 0. The zero-order valence-electron chi connectivity index (χ0n) is 14.0. The summed E-state index contributed by atoms with van der Waals surface area (Å²) in [5.74, 6) is -1.61. The first-order valence-electron chi connectivity index (χ1n) is 7.73. The fraction of sp³-hybridized carbons (Fsp3) is 0.812. The maximum Gasteiger partial charge on any atom is 0.410 e. The molecule has 124 valence electrons. The van der Waals surface area contributed by atoms with E-state index in [9.17, 15) is 14.4 Å². The SMILES string of the molecule is CC1(C)CCC(C2CC(=O)OC2=O)N(C(=O)OC(C)(C)C)C1. The second-order valence-electron chi connectivity index (χ2n) is 7.98. The summed E-state index contributed by atoms with van der Waals surface area (Å²) in [4.78, 5) is 37.4. The standard InChI is InChI=1S/C16H25NO5/c1-15(2,3)22-14(20)17-9-16(4,5)7-6-11(17)10-8-12(18)21-13(10)19/h10-11H,6-9H2,1-5H3. The summed E-state index contributed by atoms with van der Waals surface area (Å²) in [6.45, 7) is 10.1. The number of carbonyl (C=O) groups excluding carboxylic acids is 3. The van der Waals surface area contributed by atoms with Crippen molar-refractivity contribution in [3.8, 4) is 0 Å². The van der Waals surface area contributed by atoms with E-state index in [0.29, 0.717) is 13.0 Å². The van der Waals surface area contributed by atoms with Crippen molar-refractivity contribution < 1.29 is 23.9 Å². The number of likely N-dealkylation sites (tertiary alicyclic amines) is 1. The van der Waals surface area contributed by atoms with Crippen molar-refractivity contribution in [1.29, 1.82) is 0 Å². The number of piperidine rings is 1. The highest BCUT2D eigenvalue weighted by atomic mass is 16.6. The van der Waals surface area contributed by atoms with E-state index in [0.717, 1.165) is 6.42 Å². The maximum atomic E-state index is 12.5. The predicted octanol–water partition coefficient (Wildman–Crippen LogP) is 2.50. The molecular weight excluding hydrogens is 286 g/mol. The molecule has 2 heterocycles. The topological polar surface area (TPSA) is 72.9 Å². The monoisotopic (exact) mass is 311 g/mol. The molecule has 0 radical (unpaired) electrons. The molecule has 6 nitrogen and oxygen atoms in total. The van der Waals surface area contributed by atoms with Gasteiger partial charge >= 0.3 is 18.0 Å². The molecule has 0 spiro atoms. The van der Waals surface area contributed by atoms with Crippen molar-refractivity contribution in [3.63, 3.8) is 0 Å². The Morgan fingerprint density at radius 3 is 2.45 bits per heavy atom. The van der Waals surface area contributed by atoms with Gasteiger partial charge in [0.05, 0.1) is 12.3 Å². The molecule has 22 heavy (non-hydrogen) atoms. The van der Waals surface area contributed by atoms with Crippen molar-refractivity contribution in [3.05, 3.63) is 0 Å². The van der Waals surface area contributed by atoms with Gasteiger partial charge in [-0.1, -0.05) is 13.8 Å². The molecule has 0 saturated carbocycles. The number of amides is 1. The molecule has 0 aromatic heterocycles. The van der Waals surface area contributed by atoms with Crippen LogP contribution in [0.2, 0.25) is 0 Å². The average Bonchev–Trinajstić information content (AvgIpc) is 2.65. The van der Waals surface area contributed by atoms with Gasteiger partial charge in [0, 0.05) is 12.6 Å². The average molecular weight is 311 g/mol. The number of ether oxygens (including phenoxy) is 2. The lowest BCUT2D eigenvalue weighted by Crippen LogP contribution is -2.54. The largest absolute Gasteiger partial charge is 0.444 e. The third kappa shape index (κ3) is 3.78. The van der Waals surface area contributed by atoms with Gasteiger partial charge in [0.25, 0.3) is 0 Å². The zero-order valence-corrected chi connectivity index (χ0v) is 14.0. The molecule has 2 rings (SSSR count). The normalized spacial score (nSPS) is 28.5. The Balaban J connectivity index is 2.21. The molecule has 2 atom stereocenters. The summed E-state index contributed by atoms with van der Waals surface area (Å²) in [5.41, 5.74) is -0.644. The van der Waals surface area contributed by atoms with Crippen molar-refractivity contribution in [2.75, 3.05) is 6.54 Å². The van der Waals surface area contributed by atoms with Crippen molar-refractivity contribution in [2.24, 2.45) is 11.3 Å². The summed E-state index contributed by atoms with van der Waals surface area (Å²) >= 11 is 0. The minimum Gasteiger partial charge on any atom is -0.444 e. The van der Waals surface area contributed by atoms with Crippen LogP contribution in [0, 0.1) is 11.3 Å². The van der Waals surface area contributed by atoms with E-state index in [1.807, 2.05) is 20.8 Å². The van der Waals surface area contributed by atoms with Gasteiger partial charge in [-0.15, -0.1) is 0 Å². The van der Waals surface area contributed by atoms with Gasteiger partial charge in [0.15, 0.2) is 0 Å². The molecule has 0 bridgehead atoms. The minimum atomic E-state index is -0.602. The molecule has 2 fully saturated rings. The summed E-state index contributed by atoms with van der Waals surface area (Å²) in [6.07, 6.45) is 1.16. The van der Waals surface area contributed by atoms with Gasteiger partial charge in [-0.3, -0.25) is 9.59 Å². The van der Waals surface area contributed by atoms with E-state index in [4.69, 9.17) is 4.74 Å². The number of rotatable bonds is 1. The molecule has 0 aromatic carbocycles. The van der Waals surface area contributed by atoms with Crippen LogP contribution in [-0.2, 0) is 19.1 Å². The molecule has 0 aromatic rings. The van der Waals surface area contributed by atoms with Gasteiger partial charge in [0.2, 0.25) is 0 Å². The molecular formula is C16H25NO5. The molecule has 2 aliphatic heterocycles. The molecule has 1 amide bonds. The van der Waals surface area contributed by atoms with E-state index < -0.39 is 29.6 Å².